The van der Waals surface area contributed by atoms with Crippen LogP contribution in [0.1, 0.15) is 28.8 Å². The van der Waals surface area contributed by atoms with Crippen LogP contribution in [-0.4, -0.2) is 50.4 Å². The number of hydrogen-bond acceptors (Lipinski definition) is 4. The van der Waals surface area contributed by atoms with Gasteiger partial charge in [-0.15, -0.1) is 0 Å². The van der Waals surface area contributed by atoms with Gasteiger partial charge in [0.05, 0.1) is 24.4 Å². The average Bonchev–Trinajstić information content (AvgIpc) is 2.89. The Hall–Kier alpha value is -3.22. The summed E-state index contributed by atoms with van der Waals surface area (Å²) in [6.45, 7) is 1.71. The number of piperidine rings is 1. The number of hydrogen-bond donors (Lipinski definition) is 1. The smallest absolute Gasteiger partial charge is 0.255 e. The molecular formula is C21H21N5O2. The van der Waals surface area contributed by atoms with Crippen LogP contribution in [0.15, 0.2) is 48.9 Å². The van der Waals surface area contributed by atoms with Crippen LogP contribution in [-0.2, 0) is 11.3 Å². The number of aromatic nitrogens is 3. The second-order valence-electron chi connectivity index (χ2n) is 7.61. The van der Waals surface area contributed by atoms with E-state index in [1.807, 2.05) is 22.8 Å². The first-order valence-electron chi connectivity index (χ1n) is 9.62. The zero-order valence-corrected chi connectivity index (χ0v) is 15.4. The molecule has 0 radical (unpaired) electrons. The minimum atomic E-state index is -0.107. The molecule has 1 N–H and O–H groups in total. The fourth-order valence-corrected chi connectivity index (χ4v) is 4.15. The van der Waals surface area contributed by atoms with Gasteiger partial charge in [0.15, 0.2) is 5.65 Å². The number of nitrogens with zero attached hydrogens (tertiary/aromatic N) is 4. The summed E-state index contributed by atoms with van der Waals surface area (Å²) in [5, 5.41) is 3.01. The lowest BCUT2D eigenvalue weighted by molar-refractivity contribution is -0.126. The fourth-order valence-electron chi connectivity index (χ4n) is 4.15. The first-order valence-corrected chi connectivity index (χ1v) is 9.62. The summed E-state index contributed by atoms with van der Waals surface area (Å²) in [5.41, 5.74) is 3.15. The first kappa shape index (κ1) is 16.9. The van der Waals surface area contributed by atoms with Gasteiger partial charge in [-0.3, -0.25) is 9.59 Å². The van der Waals surface area contributed by atoms with Crippen LogP contribution in [0, 0.1) is 5.92 Å². The van der Waals surface area contributed by atoms with Gasteiger partial charge in [0.25, 0.3) is 5.91 Å². The Morgan fingerprint density at radius 2 is 2.00 bits per heavy atom. The van der Waals surface area contributed by atoms with Crippen LogP contribution in [0.4, 0.5) is 0 Å². The Morgan fingerprint density at radius 3 is 2.82 bits per heavy atom. The van der Waals surface area contributed by atoms with E-state index in [0.29, 0.717) is 30.7 Å². The molecule has 3 aliphatic rings. The maximum atomic E-state index is 13.0. The number of carbonyl (C=O) groups is 2. The highest BCUT2D eigenvalue weighted by atomic mass is 16.2. The molecule has 5 heterocycles. The molecule has 3 aromatic rings. The van der Waals surface area contributed by atoms with Crippen molar-refractivity contribution in [3.8, 4) is 0 Å². The zero-order valence-electron chi connectivity index (χ0n) is 15.4. The maximum Gasteiger partial charge on any atom is 0.255 e. The first-order chi connectivity index (χ1) is 13.7. The van der Waals surface area contributed by atoms with Crippen molar-refractivity contribution in [2.24, 2.45) is 5.92 Å². The summed E-state index contributed by atoms with van der Waals surface area (Å²) in [6, 6.07) is 12.0. The van der Waals surface area contributed by atoms with Gasteiger partial charge >= 0.3 is 0 Å². The number of amides is 2. The molecule has 7 nitrogen and oxygen atoms in total. The molecule has 2 atom stereocenters. The van der Waals surface area contributed by atoms with Crippen molar-refractivity contribution in [3.63, 3.8) is 0 Å². The predicted octanol–water partition coefficient (Wildman–Crippen LogP) is 1.83. The Labute approximate surface area is 162 Å². The van der Waals surface area contributed by atoms with E-state index in [1.54, 1.807) is 23.5 Å². The molecule has 142 valence electrons. The van der Waals surface area contributed by atoms with E-state index in [2.05, 4.69) is 27.4 Å². The minimum absolute atomic E-state index is 0.0528. The van der Waals surface area contributed by atoms with Gasteiger partial charge in [-0.2, -0.15) is 0 Å². The van der Waals surface area contributed by atoms with E-state index in [1.165, 1.54) is 5.56 Å². The van der Waals surface area contributed by atoms with Crippen LogP contribution >= 0.6 is 0 Å². The molecule has 7 heteroatoms. The summed E-state index contributed by atoms with van der Waals surface area (Å²) in [4.78, 5) is 35.8. The topological polar surface area (TPSA) is 80.1 Å². The average molecular weight is 375 g/mol. The fraction of sp³-hybridized carbons (Fsp3) is 0.333. The Kier molecular flexibility index (Phi) is 4.07. The SMILES string of the molecule is O=C1N[C@H]2CC[C@@H]1CN(C(=O)c1cnc3c(c1)ncn3Cc1ccccc1)C2. The van der Waals surface area contributed by atoms with Crippen molar-refractivity contribution in [2.75, 3.05) is 13.1 Å². The van der Waals surface area contributed by atoms with Crippen molar-refractivity contribution in [1.29, 1.82) is 0 Å². The lowest BCUT2D eigenvalue weighted by Crippen LogP contribution is -2.43. The summed E-state index contributed by atoms with van der Waals surface area (Å²) in [5.74, 6) is -0.121. The number of benzene rings is 1. The number of fused-ring (bicyclic) bond motifs is 5. The molecule has 3 aliphatic heterocycles. The van der Waals surface area contributed by atoms with E-state index in [4.69, 9.17) is 0 Å². The predicted molar refractivity (Wildman–Crippen MR) is 104 cm³/mol. The molecule has 0 saturated carbocycles. The maximum absolute atomic E-state index is 13.0. The van der Waals surface area contributed by atoms with E-state index in [9.17, 15) is 9.59 Å². The molecule has 0 aliphatic carbocycles. The van der Waals surface area contributed by atoms with Crippen molar-refractivity contribution in [3.05, 3.63) is 60.0 Å². The highest BCUT2D eigenvalue weighted by Gasteiger charge is 2.36. The zero-order chi connectivity index (χ0) is 19.1. The van der Waals surface area contributed by atoms with Crippen molar-refractivity contribution >= 4 is 23.0 Å². The molecule has 2 aromatic heterocycles. The standard InChI is InChI=1S/C21H21N5O2/c27-20-15-6-7-17(24-20)12-25(11-15)21(28)16-8-18-19(22-9-16)26(13-23-18)10-14-4-2-1-3-5-14/h1-5,8-9,13,15,17H,6-7,10-12H2,(H,24,27)/t15-,17+/m1/s1. The third-order valence-electron chi connectivity index (χ3n) is 5.65. The number of imidazole rings is 1. The molecule has 2 amide bonds. The van der Waals surface area contributed by atoms with Crippen LogP contribution in [0.5, 0.6) is 0 Å². The second-order valence-corrected chi connectivity index (χ2v) is 7.61. The molecule has 1 aromatic carbocycles. The molecule has 28 heavy (non-hydrogen) atoms. The van der Waals surface area contributed by atoms with Crippen molar-refractivity contribution in [2.45, 2.75) is 25.4 Å². The van der Waals surface area contributed by atoms with Crippen molar-refractivity contribution in [1.82, 2.24) is 24.8 Å². The van der Waals surface area contributed by atoms with Gasteiger partial charge in [0.1, 0.15) is 5.52 Å². The summed E-state index contributed by atoms with van der Waals surface area (Å²) in [6.07, 6.45) is 5.16. The molecule has 3 fully saturated rings. The number of pyridine rings is 1. The number of rotatable bonds is 3. The quantitative estimate of drug-likeness (QED) is 0.757. The number of nitrogens with one attached hydrogen (secondary N) is 1. The van der Waals surface area contributed by atoms with Crippen molar-refractivity contribution < 1.29 is 9.59 Å². The second kappa shape index (κ2) is 6.74. The molecule has 0 spiro atoms. The van der Waals surface area contributed by atoms with Crippen LogP contribution < -0.4 is 5.32 Å². The monoisotopic (exact) mass is 375 g/mol. The van der Waals surface area contributed by atoms with Gasteiger partial charge in [0.2, 0.25) is 5.91 Å². The molecule has 3 saturated heterocycles. The van der Waals surface area contributed by atoms with Crippen LogP contribution in [0.3, 0.4) is 0 Å². The third kappa shape index (κ3) is 3.02. The van der Waals surface area contributed by atoms with E-state index in [-0.39, 0.29) is 23.8 Å². The molecular weight excluding hydrogens is 354 g/mol. The number of carbonyl (C=O) groups excluding carboxylic acids is 2. The van der Waals surface area contributed by atoms with E-state index in [0.717, 1.165) is 18.5 Å². The highest BCUT2D eigenvalue weighted by Crippen LogP contribution is 2.24. The molecule has 6 rings (SSSR count). The molecule has 2 bridgehead atoms. The summed E-state index contributed by atoms with van der Waals surface area (Å²) < 4.78 is 1.98. The van der Waals surface area contributed by atoms with Gasteiger partial charge in [0, 0.05) is 25.3 Å². The van der Waals surface area contributed by atoms with Gasteiger partial charge in [-0.05, 0) is 24.5 Å². The Bertz CT molecular complexity index is 1050. The van der Waals surface area contributed by atoms with Gasteiger partial charge in [-0.1, -0.05) is 30.3 Å². The van der Waals surface area contributed by atoms with Gasteiger partial charge < -0.3 is 14.8 Å². The summed E-state index contributed by atoms with van der Waals surface area (Å²) >= 11 is 0. The minimum Gasteiger partial charge on any atom is -0.351 e. The highest BCUT2D eigenvalue weighted by molar-refractivity contribution is 5.97. The van der Waals surface area contributed by atoms with Gasteiger partial charge in [-0.25, -0.2) is 9.97 Å². The van der Waals surface area contributed by atoms with Crippen LogP contribution in [0.25, 0.3) is 11.2 Å². The largest absolute Gasteiger partial charge is 0.351 e. The Morgan fingerprint density at radius 1 is 1.14 bits per heavy atom. The lowest BCUT2D eigenvalue weighted by Gasteiger charge is -2.22. The third-order valence-corrected chi connectivity index (χ3v) is 5.65. The Balaban J connectivity index is 1.39. The van der Waals surface area contributed by atoms with E-state index < -0.39 is 0 Å². The summed E-state index contributed by atoms with van der Waals surface area (Å²) in [7, 11) is 0. The molecule has 0 unspecified atom stereocenters. The van der Waals surface area contributed by atoms with E-state index >= 15 is 0 Å². The normalized spacial score (nSPS) is 21.6. The lowest BCUT2D eigenvalue weighted by atomic mass is 9.96. The van der Waals surface area contributed by atoms with Crippen LogP contribution in [0.2, 0.25) is 0 Å².